The number of thioether (sulfide) groups is 1. The molecule has 6 aliphatic rings. The van der Waals surface area contributed by atoms with Crippen molar-refractivity contribution in [2.75, 3.05) is 14.2 Å². The Bertz CT molecular complexity index is 1130. The second kappa shape index (κ2) is 6.20. The highest BCUT2D eigenvalue weighted by atomic mass is 32.2. The van der Waals surface area contributed by atoms with Crippen molar-refractivity contribution in [3.8, 4) is 0 Å². The maximum absolute atomic E-state index is 13.5. The van der Waals surface area contributed by atoms with Crippen LogP contribution in [-0.4, -0.2) is 51.9 Å². The number of aliphatic hydroxyl groups excluding tert-OH is 2. The molecule has 1 heterocycles. The Balaban J connectivity index is 1.52. The largest absolute Gasteiger partial charge is 0.508 e. The first kappa shape index (κ1) is 20.4. The van der Waals surface area contributed by atoms with Crippen LogP contribution in [0.25, 0.3) is 0 Å². The third kappa shape index (κ3) is 2.08. The number of ketones is 1. The van der Waals surface area contributed by atoms with Crippen molar-refractivity contribution in [1.82, 2.24) is 4.90 Å². The number of aliphatic hydroxyl groups is 2. The summed E-state index contributed by atoms with van der Waals surface area (Å²) in [5, 5.41) is 21.9. The smallest absolute Gasteiger partial charge is 0.197 e. The molecule has 2 bridgehead atoms. The van der Waals surface area contributed by atoms with E-state index in [1.807, 2.05) is 19.1 Å². The van der Waals surface area contributed by atoms with E-state index in [-0.39, 0.29) is 58.2 Å². The van der Waals surface area contributed by atoms with Gasteiger partial charge in [0, 0.05) is 45.4 Å². The fourth-order valence-corrected chi connectivity index (χ4v) is 9.35. The van der Waals surface area contributed by atoms with Gasteiger partial charge in [0.1, 0.15) is 11.6 Å². The number of hydrogen-bond donors (Lipinski definition) is 2. The lowest BCUT2D eigenvalue weighted by Crippen LogP contribution is -2.90. The van der Waals surface area contributed by atoms with Crippen LogP contribution >= 0.6 is 11.8 Å². The number of rotatable bonds is 3. The lowest BCUT2D eigenvalue weighted by Gasteiger charge is -2.84. The molecule has 2 saturated carbocycles. The summed E-state index contributed by atoms with van der Waals surface area (Å²) >= 11 is 1.68. The molecule has 1 saturated heterocycles. The molecule has 5 nitrogen and oxygen atoms in total. The first-order chi connectivity index (χ1) is 15.2. The van der Waals surface area contributed by atoms with Gasteiger partial charge in [-0.1, -0.05) is 13.0 Å². The molecule has 2 spiro atoms. The van der Waals surface area contributed by atoms with Gasteiger partial charge in [-0.2, -0.15) is 0 Å². The summed E-state index contributed by atoms with van der Waals surface area (Å²) < 4.78 is 19.0. The third-order valence-electron chi connectivity index (χ3n) is 9.20. The average Bonchev–Trinajstić information content (AvgIpc) is 2.96. The van der Waals surface area contributed by atoms with Gasteiger partial charge in [-0.25, -0.2) is 4.39 Å². The maximum atomic E-state index is 13.5. The van der Waals surface area contributed by atoms with E-state index in [2.05, 4.69) is 11.9 Å². The molecule has 0 aromatic heterocycles. The number of fused-ring (bicyclic) bond motifs is 3. The molecule has 3 unspecified atom stereocenters. The number of allylic oxidation sites excluding steroid dienone is 4. The Hall–Kier alpha value is -2.25. The van der Waals surface area contributed by atoms with Gasteiger partial charge in [0.15, 0.2) is 17.3 Å². The van der Waals surface area contributed by atoms with Gasteiger partial charge in [0.25, 0.3) is 0 Å². The number of halogens is 1. The molecule has 1 aromatic rings. The van der Waals surface area contributed by atoms with Crippen molar-refractivity contribution in [3.63, 3.8) is 0 Å². The number of benzene rings is 1. The summed E-state index contributed by atoms with van der Waals surface area (Å²) in [6.45, 7) is 2.01. The van der Waals surface area contributed by atoms with Gasteiger partial charge in [0.2, 0.25) is 0 Å². The molecule has 2 N–H and O–H groups in total. The zero-order valence-electron chi connectivity index (χ0n) is 18.2. The van der Waals surface area contributed by atoms with Crippen LogP contribution in [-0.2, 0) is 9.53 Å². The van der Waals surface area contributed by atoms with Crippen LogP contribution in [0.1, 0.15) is 19.8 Å². The quantitative estimate of drug-likeness (QED) is 0.705. The zero-order valence-corrected chi connectivity index (χ0v) is 19.0. The molecule has 0 amide bonds. The molecule has 0 radical (unpaired) electrons. The highest BCUT2D eigenvalue weighted by Crippen LogP contribution is 2.82. The van der Waals surface area contributed by atoms with Crippen molar-refractivity contribution < 1.29 is 24.1 Å². The molecule has 7 rings (SSSR count). The van der Waals surface area contributed by atoms with Gasteiger partial charge >= 0.3 is 0 Å². The number of carbonyl (C=O) groups excluding carboxylic acids is 1. The Labute approximate surface area is 190 Å². The predicted molar refractivity (Wildman–Crippen MR) is 119 cm³/mol. The van der Waals surface area contributed by atoms with Crippen molar-refractivity contribution in [2.24, 2.45) is 22.7 Å². The maximum Gasteiger partial charge on any atom is 0.197 e. The van der Waals surface area contributed by atoms with Crippen molar-refractivity contribution >= 4 is 17.5 Å². The van der Waals surface area contributed by atoms with Gasteiger partial charge in [-0.3, -0.25) is 9.69 Å². The molecule has 32 heavy (non-hydrogen) atoms. The molecule has 1 aromatic carbocycles. The van der Waals surface area contributed by atoms with Gasteiger partial charge < -0.3 is 14.9 Å². The van der Waals surface area contributed by atoms with Crippen LogP contribution in [0.15, 0.2) is 64.7 Å². The lowest BCUT2D eigenvalue weighted by molar-refractivity contribution is -0.319. The number of Topliss-reactive ketones (excluding diaryl/α,β-unsaturated/α-hetero) is 1. The minimum absolute atomic E-state index is 0.0232. The SMILES string of the molecule is COC1=CC23C[C@@]4(CC1=O)[C@H]2[C@H]([C@H](Sc1ccc(F)cc1)C1C=CC(O)=C(O)C14C)N3C. The molecule has 168 valence electrons. The van der Waals surface area contributed by atoms with E-state index in [1.54, 1.807) is 30.0 Å². The topological polar surface area (TPSA) is 70.0 Å². The van der Waals surface area contributed by atoms with E-state index in [1.165, 1.54) is 19.2 Å². The van der Waals surface area contributed by atoms with Gasteiger partial charge in [-0.15, -0.1) is 11.8 Å². The fraction of sp³-hybridized carbons (Fsp3) is 0.480. The minimum Gasteiger partial charge on any atom is -0.508 e. The van der Waals surface area contributed by atoms with Crippen molar-refractivity contribution in [1.29, 1.82) is 0 Å². The van der Waals surface area contributed by atoms with Gasteiger partial charge in [0.05, 0.1) is 7.11 Å². The Morgan fingerprint density at radius 3 is 2.66 bits per heavy atom. The van der Waals surface area contributed by atoms with Gasteiger partial charge in [-0.05, 0) is 55.3 Å². The highest BCUT2D eigenvalue weighted by Gasteiger charge is 2.85. The number of likely N-dealkylation sites (N-methyl/N-ethyl adjacent to an activating group) is 1. The Morgan fingerprint density at radius 2 is 1.97 bits per heavy atom. The number of methoxy groups -OCH3 is 1. The summed E-state index contributed by atoms with van der Waals surface area (Å²) in [4.78, 5) is 16.5. The van der Waals surface area contributed by atoms with Crippen LogP contribution < -0.4 is 0 Å². The number of nitrogens with zero attached hydrogens (tertiary/aromatic N) is 1. The second-order valence-corrected chi connectivity index (χ2v) is 11.3. The summed E-state index contributed by atoms with van der Waals surface area (Å²) in [6.07, 6.45) is 6.59. The lowest BCUT2D eigenvalue weighted by atomic mass is 9.29. The van der Waals surface area contributed by atoms with Crippen LogP contribution in [0.3, 0.4) is 0 Å². The molecular weight excluding hydrogens is 429 g/mol. The number of likely N-dealkylation sites (tertiary alicyclic amines) is 1. The van der Waals surface area contributed by atoms with Crippen LogP contribution in [0.2, 0.25) is 0 Å². The van der Waals surface area contributed by atoms with E-state index < -0.39 is 10.8 Å². The highest BCUT2D eigenvalue weighted by molar-refractivity contribution is 8.00. The molecule has 1 aliphatic heterocycles. The van der Waals surface area contributed by atoms with E-state index in [4.69, 9.17) is 4.74 Å². The first-order valence-corrected chi connectivity index (χ1v) is 11.8. The second-order valence-electron chi connectivity index (χ2n) is 10.1. The van der Waals surface area contributed by atoms with E-state index in [0.717, 1.165) is 11.3 Å². The minimum atomic E-state index is -0.790. The first-order valence-electron chi connectivity index (χ1n) is 11.0. The number of ether oxygens (including phenoxy) is 1. The normalized spacial score (nSPS) is 44.0. The Kier molecular flexibility index (Phi) is 3.95. The molecule has 7 atom stereocenters. The molecule has 7 heteroatoms. The van der Waals surface area contributed by atoms with E-state index in [0.29, 0.717) is 5.76 Å². The Morgan fingerprint density at radius 1 is 1.25 bits per heavy atom. The number of piperidine rings is 1. The summed E-state index contributed by atoms with van der Waals surface area (Å²) in [5.74, 6) is -0.0234. The van der Waals surface area contributed by atoms with Crippen LogP contribution in [0.5, 0.6) is 0 Å². The predicted octanol–water partition coefficient (Wildman–Crippen LogP) is 4.38. The van der Waals surface area contributed by atoms with Crippen LogP contribution in [0.4, 0.5) is 4.39 Å². The molecule has 3 fully saturated rings. The summed E-state index contributed by atoms with van der Waals surface area (Å²) in [7, 11) is 3.63. The average molecular weight is 456 g/mol. The standard InChI is InChI=1S/C25H26FNO4S/c1-23-15(8-9-16(28)22(23)30)20(32-14-6-4-13(26)5-7-14)19-21-24(23)10-17(29)18(31-3)11-25(21,12-24)27(19)2/h4-9,11,15,19-21,28,30H,10,12H2,1-3H3/t15?,19-,20+,21+,23?,24-,25?/m0/s1. The van der Waals surface area contributed by atoms with E-state index >= 15 is 0 Å². The zero-order chi connectivity index (χ0) is 22.6. The van der Waals surface area contributed by atoms with Crippen molar-refractivity contribution in [3.05, 3.63) is 65.6 Å². The summed E-state index contributed by atoms with van der Waals surface area (Å²) in [6, 6.07) is 6.68. The summed E-state index contributed by atoms with van der Waals surface area (Å²) in [5.41, 5.74) is -1.54. The number of carbonyl (C=O) groups is 1. The molecule has 5 aliphatic carbocycles. The van der Waals surface area contributed by atoms with E-state index in [9.17, 15) is 19.4 Å². The van der Waals surface area contributed by atoms with Crippen LogP contribution in [0, 0.1) is 28.5 Å². The number of hydrogen-bond acceptors (Lipinski definition) is 6. The molecular formula is C25H26FNO4S. The fourth-order valence-electron chi connectivity index (χ4n) is 7.75. The van der Waals surface area contributed by atoms with Crippen molar-refractivity contribution in [2.45, 2.75) is 41.5 Å². The third-order valence-corrected chi connectivity index (χ3v) is 10.6. The monoisotopic (exact) mass is 455 g/mol.